The van der Waals surface area contributed by atoms with Gasteiger partial charge < -0.3 is 4.67 Å². The van der Waals surface area contributed by atoms with Crippen molar-refractivity contribution in [2.45, 2.75) is 51.2 Å². The van der Waals surface area contributed by atoms with E-state index in [4.69, 9.17) is 0 Å². The first-order chi connectivity index (χ1) is 7.97. The van der Waals surface area contributed by atoms with E-state index in [-0.39, 0.29) is 18.0 Å². The topological polar surface area (TPSA) is 49.7 Å². The second kappa shape index (κ2) is 4.72. The Hall–Kier alpha value is -0.973. The van der Waals surface area contributed by atoms with E-state index in [1.807, 2.05) is 0 Å². The van der Waals surface area contributed by atoms with Crippen LogP contribution in [-0.4, -0.2) is 36.7 Å². The third-order valence-corrected chi connectivity index (χ3v) is 6.86. The van der Waals surface area contributed by atoms with Gasteiger partial charge in [-0.2, -0.15) is 5.10 Å². The van der Waals surface area contributed by atoms with E-state index in [2.05, 4.69) is 22.9 Å². The van der Waals surface area contributed by atoms with Crippen molar-refractivity contribution in [3.63, 3.8) is 0 Å². The Labute approximate surface area is 103 Å². The number of ketones is 2. The lowest BCUT2D eigenvalue weighted by molar-refractivity contribution is -0.126. The molecule has 0 aromatic heterocycles. The number of Topliss-reactive ketones (excluding diaryl/α,β-unsaturated/α-hetero) is 2. The normalized spacial score (nSPS) is 25.1. The number of hydrazone groups is 1. The van der Waals surface area contributed by atoms with Crippen LogP contribution in [0.4, 0.5) is 0 Å². The maximum absolute atomic E-state index is 11.4. The molecule has 0 aromatic rings. The summed E-state index contributed by atoms with van der Waals surface area (Å²) in [4.78, 5) is 22.8. The Balaban J connectivity index is 2.12. The Morgan fingerprint density at radius 2 is 1.71 bits per heavy atom. The van der Waals surface area contributed by atoms with Gasteiger partial charge in [-0.1, -0.05) is 19.5 Å². The summed E-state index contributed by atoms with van der Waals surface area (Å²) in [5, 5.41) is 4.62. The largest absolute Gasteiger partial charge is 0.324 e. The summed E-state index contributed by atoms with van der Waals surface area (Å²) in [6.07, 6.45) is 3.34. The Morgan fingerprint density at radius 3 is 2.29 bits per heavy atom. The van der Waals surface area contributed by atoms with Crippen molar-refractivity contribution in [2.75, 3.05) is 6.54 Å². The van der Waals surface area contributed by atoms with E-state index in [0.717, 1.165) is 12.3 Å². The summed E-state index contributed by atoms with van der Waals surface area (Å²) >= 11 is 0. The molecule has 1 aliphatic heterocycles. The maximum atomic E-state index is 11.4. The highest BCUT2D eigenvalue weighted by Crippen LogP contribution is 2.25. The zero-order valence-corrected chi connectivity index (χ0v) is 11.7. The zero-order chi connectivity index (χ0) is 12.5. The number of rotatable bonds is 1. The van der Waals surface area contributed by atoms with Crippen molar-refractivity contribution in [2.24, 2.45) is 5.10 Å². The average molecular weight is 252 g/mol. The van der Waals surface area contributed by atoms with Crippen LogP contribution in [0.3, 0.4) is 0 Å². The predicted octanol–water partition coefficient (Wildman–Crippen LogP) is 1.97. The molecule has 2 fully saturated rings. The molecule has 1 saturated carbocycles. The standard InChI is InChI=1S/C12H20N2O2Si/c1-17(2)6-4-3-5-14(17)13-10-7-11(15)9-12(16)8-10/h3-9H2,1-2H3. The highest BCUT2D eigenvalue weighted by Gasteiger charge is 2.32. The van der Waals surface area contributed by atoms with Crippen molar-refractivity contribution in [1.82, 2.24) is 4.67 Å². The molecule has 94 valence electrons. The van der Waals surface area contributed by atoms with Gasteiger partial charge in [-0.05, 0) is 12.5 Å². The minimum Gasteiger partial charge on any atom is -0.324 e. The van der Waals surface area contributed by atoms with Crippen molar-refractivity contribution >= 4 is 25.5 Å². The highest BCUT2D eigenvalue weighted by atomic mass is 28.3. The van der Waals surface area contributed by atoms with E-state index < -0.39 is 8.24 Å². The van der Waals surface area contributed by atoms with Gasteiger partial charge in [0.25, 0.3) is 0 Å². The van der Waals surface area contributed by atoms with E-state index in [9.17, 15) is 9.59 Å². The molecule has 1 heterocycles. The van der Waals surface area contributed by atoms with Crippen LogP contribution in [0.5, 0.6) is 0 Å². The molecule has 0 radical (unpaired) electrons. The quantitative estimate of drug-likeness (QED) is 0.529. The fourth-order valence-electron chi connectivity index (χ4n) is 2.54. The van der Waals surface area contributed by atoms with Crippen molar-refractivity contribution < 1.29 is 9.59 Å². The second-order valence-electron chi connectivity index (χ2n) is 5.67. The smallest absolute Gasteiger partial charge is 0.172 e. The Kier molecular flexibility index (Phi) is 3.47. The van der Waals surface area contributed by atoms with Crippen molar-refractivity contribution in [3.8, 4) is 0 Å². The fourth-order valence-corrected chi connectivity index (χ4v) is 5.09. The van der Waals surface area contributed by atoms with Crippen LogP contribution in [0.2, 0.25) is 19.1 Å². The minimum absolute atomic E-state index is 0.0245. The van der Waals surface area contributed by atoms with E-state index >= 15 is 0 Å². The monoisotopic (exact) mass is 252 g/mol. The molecule has 2 rings (SSSR count). The third-order valence-electron chi connectivity index (χ3n) is 3.57. The summed E-state index contributed by atoms with van der Waals surface area (Å²) in [7, 11) is -1.42. The van der Waals surface area contributed by atoms with Crippen LogP contribution in [0.15, 0.2) is 5.10 Å². The van der Waals surface area contributed by atoms with Gasteiger partial charge in [0.15, 0.2) is 8.24 Å². The molecule has 1 saturated heterocycles. The van der Waals surface area contributed by atoms with Crippen LogP contribution < -0.4 is 0 Å². The third kappa shape index (κ3) is 3.03. The number of hydrogen-bond donors (Lipinski definition) is 0. The lowest BCUT2D eigenvalue weighted by Crippen LogP contribution is -2.49. The summed E-state index contributed by atoms with van der Waals surface area (Å²) in [5.41, 5.74) is 0.786. The minimum atomic E-state index is -1.42. The molecule has 0 amide bonds. The van der Waals surface area contributed by atoms with E-state index in [1.54, 1.807) is 0 Å². The first kappa shape index (κ1) is 12.5. The van der Waals surface area contributed by atoms with Crippen LogP contribution in [-0.2, 0) is 9.59 Å². The molecule has 0 aromatic carbocycles. The molecule has 0 bridgehead atoms. The zero-order valence-electron chi connectivity index (χ0n) is 10.7. The molecule has 0 atom stereocenters. The van der Waals surface area contributed by atoms with Crippen LogP contribution in [0.25, 0.3) is 0 Å². The first-order valence-corrected chi connectivity index (χ1v) is 9.50. The van der Waals surface area contributed by atoms with Crippen molar-refractivity contribution in [3.05, 3.63) is 0 Å². The first-order valence-electron chi connectivity index (χ1n) is 6.35. The van der Waals surface area contributed by atoms with Crippen LogP contribution >= 0.6 is 0 Å². The summed E-state index contributed by atoms with van der Waals surface area (Å²) in [6, 6.07) is 1.26. The van der Waals surface area contributed by atoms with Crippen LogP contribution in [0, 0.1) is 0 Å². The van der Waals surface area contributed by atoms with Gasteiger partial charge in [0.05, 0.1) is 12.1 Å². The number of nitrogens with zero attached hydrogens (tertiary/aromatic N) is 2. The molecule has 0 N–H and O–H groups in total. The SMILES string of the molecule is C[Si]1(C)CCCCN1N=C1CC(=O)CC(=O)C1. The molecule has 17 heavy (non-hydrogen) atoms. The number of hydrogen-bond acceptors (Lipinski definition) is 4. The van der Waals surface area contributed by atoms with Gasteiger partial charge in [0.2, 0.25) is 0 Å². The highest BCUT2D eigenvalue weighted by molar-refractivity contribution is 6.74. The maximum Gasteiger partial charge on any atom is 0.172 e. The van der Waals surface area contributed by atoms with Crippen LogP contribution in [0.1, 0.15) is 32.1 Å². The molecule has 1 aliphatic carbocycles. The molecular weight excluding hydrogens is 232 g/mol. The molecular formula is C12H20N2O2Si. The van der Waals surface area contributed by atoms with Gasteiger partial charge in [-0.15, -0.1) is 0 Å². The summed E-state index contributed by atoms with van der Waals surface area (Å²) in [5.74, 6) is 0.0490. The predicted molar refractivity (Wildman–Crippen MR) is 69.5 cm³/mol. The lowest BCUT2D eigenvalue weighted by atomic mass is 9.96. The Bertz CT molecular complexity index is 359. The van der Waals surface area contributed by atoms with E-state index in [0.29, 0.717) is 12.8 Å². The lowest BCUT2D eigenvalue weighted by Gasteiger charge is -2.39. The van der Waals surface area contributed by atoms with Gasteiger partial charge in [-0.3, -0.25) is 9.59 Å². The Morgan fingerprint density at radius 1 is 1.06 bits per heavy atom. The molecule has 5 heteroatoms. The van der Waals surface area contributed by atoms with Gasteiger partial charge in [0.1, 0.15) is 11.6 Å². The van der Waals surface area contributed by atoms with Gasteiger partial charge in [-0.25, -0.2) is 0 Å². The number of carbonyl (C=O) groups excluding carboxylic acids is 2. The average Bonchev–Trinajstić information content (AvgIpc) is 2.19. The fraction of sp³-hybridized carbons (Fsp3) is 0.750. The van der Waals surface area contributed by atoms with Gasteiger partial charge >= 0.3 is 0 Å². The molecule has 2 aliphatic rings. The van der Waals surface area contributed by atoms with E-state index in [1.165, 1.54) is 18.9 Å². The van der Waals surface area contributed by atoms with Gasteiger partial charge in [0, 0.05) is 19.4 Å². The molecule has 4 nitrogen and oxygen atoms in total. The van der Waals surface area contributed by atoms with Crippen molar-refractivity contribution in [1.29, 1.82) is 0 Å². The molecule has 0 spiro atoms. The second-order valence-corrected chi connectivity index (χ2v) is 10.3. The number of carbonyl (C=O) groups is 2. The molecule has 0 unspecified atom stereocenters. The summed E-state index contributed by atoms with van der Waals surface area (Å²) in [6.45, 7) is 5.61. The summed E-state index contributed by atoms with van der Waals surface area (Å²) < 4.78 is 2.21.